The molecule has 0 bridgehead atoms. The fourth-order valence-corrected chi connectivity index (χ4v) is 2.33. The van der Waals surface area contributed by atoms with Gasteiger partial charge in [-0.3, -0.25) is 0 Å². The number of hydrogen-bond acceptors (Lipinski definition) is 2. The lowest BCUT2D eigenvalue weighted by Crippen LogP contribution is -2.32. The van der Waals surface area contributed by atoms with Crippen molar-refractivity contribution in [1.82, 2.24) is 10.2 Å². The van der Waals surface area contributed by atoms with E-state index >= 15 is 0 Å². The van der Waals surface area contributed by atoms with Crippen LogP contribution in [-0.2, 0) is 12.7 Å². The van der Waals surface area contributed by atoms with Gasteiger partial charge in [0.05, 0.1) is 5.56 Å². The van der Waals surface area contributed by atoms with Gasteiger partial charge >= 0.3 is 6.18 Å². The molecule has 1 aromatic rings. The summed E-state index contributed by atoms with van der Waals surface area (Å²) in [7, 11) is 0. The number of nitrogens with zero attached hydrogens (tertiary/aromatic N) is 1. The molecule has 0 heterocycles. The van der Waals surface area contributed by atoms with E-state index in [1.54, 1.807) is 6.07 Å². The lowest BCUT2D eigenvalue weighted by atomic mass is 10.1. The second-order valence-corrected chi connectivity index (χ2v) is 5.42. The summed E-state index contributed by atoms with van der Waals surface area (Å²) >= 11 is 3.08. The van der Waals surface area contributed by atoms with Crippen LogP contribution >= 0.6 is 15.9 Å². The van der Waals surface area contributed by atoms with Gasteiger partial charge in [-0.25, -0.2) is 0 Å². The number of likely N-dealkylation sites (N-methyl/N-ethyl adjacent to an activating group) is 1. The van der Waals surface area contributed by atoms with Gasteiger partial charge in [-0.2, -0.15) is 13.2 Å². The molecule has 0 aliphatic rings. The molecule has 6 heteroatoms. The van der Waals surface area contributed by atoms with Gasteiger partial charge in [0.15, 0.2) is 0 Å². The summed E-state index contributed by atoms with van der Waals surface area (Å²) in [5, 5.41) is 3.08. The van der Waals surface area contributed by atoms with Crippen molar-refractivity contribution in [2.45, 2.75) is 26.6 Å². The van der Waals surface area contributed by atoms with E-state index in [0.717, 1.165) is 25.7 Å². The van der Waals surface area contributed by atoms with Crippen molar-refractivity contribution >= 4 is 15.9 Å². The van der Waals surface area contributed by atoms with Crippen molar-refractivity contribution in [3.8, 4) is 0 Å². The van der Waals surface area contributed by atoms with Gasteiger partial charge in [0.2, 0.25) is 0 Å². The number of alkyl halides is 3. The van der Waals surface area contributed by atoms with E-state index in [2.05, 4.69) is 40.0 Å². The van der Waals surface area contributed by atoms with E-state index in [0.29, 0.717) is 11.0 Å². The molecule has 1 rings (SSSR count). The van der Waals surface area contributed by atoms with Crippen LogP contribution < -0.4 is 5.32 Å². The van der Waals surface area contributed by atoms with Crippen molar-refractivity contribution in [1.29, 1.82) is 0 Å². The van der Waals surface area contributed by atoms with Gasteiger partial charge in [0, 0.05) is 24.1 Å². The van der Waals surface area contributed by atoms with Gasteiger partial charge < -0.3 is 10.2 Å². The van der Waals surface area contributed by atoms with E-state index in [1.807, 2.05) is 0 Å². The zero-order valence-electron chi connectivity index (χ0n) is 11.7. The summed E-state index contributed by atoms with van der Waals surface area (Å²) in [6, 6.07) is 4.27. The Hall–Kier alpha value is -0.590. The molecule has 2 nitrogen and oxygen atoms in total. The highest BCUT2D eigenvalue weighted by Gasteiger charge is 2.33. The molecule has 0 spiro atoms. The van der Waals surface area contributed by atoms with Crippen molar-refractivity contribution in [3.63, 3.8) is 0 Å². The van der Waals surface area contributed by atoms with E-state index in [-0.39, 0.29) is 12.1 Å². The Morgan fingerprint density at radius 2 is 1.85 bits per heavy atom. The third-order valence-corrected chi connectivity index (χ3v) is 3.69. The molecular weight excluding hydrogens is 333 g/mol. The van der Waals surface area contributed by atoms with Crippen LogP contribution in [0.3, 0.4) is 0 Å². The third kappa shape index (κ3) is 5.42. The summed E-state index contributed by atoms with van der Waals surface area (Å²) in [6.07, 6.45) is -4.32. The Bertz CT molecular complexity index is 417. The van der Waals surface area contributed by atoms with Crippen LogP contribution in [0, 0.1) is 0 Å². The average molecular weight is 353 g/mol. The summed E-state index contributed by atoms with van der Waals surface area (Å²) in [4.78, 5) is 2.22. The fraction of sp³-hybridized carbons (Fsp3) is 0.571. The molecule has 0 fully saturated rings. The summed E-state index contributed by atoms with van der Waals surface area (Å²) in [5.74, 6) is 0. The standard InChI is InChI=1S/C14H20BrF3N2/c1-3-20(4-2)8-7-19-10-11-5-6-12(15)9-13(11)14(16,17)18/h5-6,9,19H,3-4,7-8,10H2,1-2H3. The maximum Gasteiger partial charge on any atom is 0.416 e. The minimum Gasteiger partial charge on any atom is -0.311 e. The third-order valence-electron chi connectivity index (χ3n) is 3.19. The van der Waals surface area contributed by atoms with Gasteiger partial charge in [0.25, 0.3) is 0 Å². The first kappa shape index (κ1) is 17.5. The maximum absolute atomic E-state index is 12.9. The molecule has 1 aromatic carbocycles. The van der Waals surface area contributed by atoms with Gasteiger partial charge in [0.1, 0.15) is 0 Å². The van der Waals surface area contributed by atoms with Crippen LogP contribution in [0.15, 0.2) is 22.7 Å². The van der Waals surface area contributed by atoms with Crippen molar-refractivity contribution in [3.05, 3.63) is 33.8 Å². The predicted molar refractivity (Wildman–Crippen MR) is 78.6 cm³/mol. The normalized spacial score (nSPS) is 12.2. The summed E-state index contributed by atoms with van der Waals surface area (Å²) < 4.78 is 39.2. The molecule has 0 aliphatic carbocycles. The highest BCUT2D eigenvalue weighted by Crippen LogP contribution is 2.33. The molecule has 0 saturated carbocycles. The monoisotopic (exact) mass is 352 g/mol. The second kappa shape index (κ2) is 8.00. The van der Waals surface area contributed by atoms with Crippen LogP contribution in [0.2, 0.25) is 0 Å². The fourth-order valence-electron chi connectivity index (χ4n) is 1.97. The summed E-state index contributed by atoms with van der Waals surface area (Å²) in [6.45, 7) is 7.78. The van der Waals surface area contributed by atoms with Crippen LogP contribution in [0.25, 0.3) is 0 Å². The largest absolute Gasteiger partial charge is 0.416 e. The lowest BCUT2D eigenvalue weighted by molar-refractivity contribution is -0.138. The van der Waals surface area contributed by atoms with E-state index in [1.165, 1.54) is 6.07 Å². The van der Waals surface area contributed by atoms with Crippen molar-refractivity contribution in [2.75, 3.05) is 26.2 Å². The first-order valence-electron chi connectivity index (χ1n) is 6.67. The molecule has 1 N–H and O–H groups in total. The van der Waals surface area contributed by atoms with Crippen LogP contribution in [0.5, 0.6) is 0 Å². The Morgan fingerprint density at radius 1 is 1.20 bits per heavy atom. The number of halogens is 4. The lowest BCUT2D eigenvalue weighted by Gasteiger charge is -2.19. The smallest absolute Gasteiger partial charge is 0.311 e. The minimum absolute atomic E-state index is 0.226. The first-order valence-corrected chi connectivity index (χ1v) is 7.46. The van der Waals surface area contributed by atoms with E-state index < -0.39 is 11.7 Å². The van der Waals surface area contributed by atoms with Crippen molar-refractivity contribution in [2.24, 2.45) is 0 Å². The number of nitrogens with one attached hydrogen (secondary N) is 1. The Morgan fingerprint density at radius 3 is 2.40 bits per heavy atom. The predicted octanol–water partition coefficient (Wildman–Crippen LogP) is 3.90. The average Bonchev–Trinajstić information content (AvgIpc) is 2.39. The SMILES string of the molecule is CCN(CC)CCNCc1ccc(Br)cc1C(F)(F)F. The van der Waals surface area contributed by atoms with Gasteiger partial charge in [-0.05, 0) is 30.8 Å². The van der Waals surface area contributed by atoms with Gasteiger partial charge in [-0.15, -0.1) is 0 Å². The molecule has 0 atom stereocenters. The molecule has 0 radical (unpaired) electrons. The molecule has 0 aromatic heterocycles. The quantitative estimate of drug-likeness (QED) is 0.748. The minimum atomic E-state index is -4.32. The second-order valence-electron chi connectivity index (χ2n) is 4.50. The summed E-state index contributed by atoms with van der Waals surface area (Å²) in [5.41, 5.74) is -0.303. The van der Waals surface area contributed by atoms with Crippen molar-refractivity contribution < 1.29 is 13.2 Å². The highest BCUT2D eigenvalue weighted by molar-refractivity contribution is 9.10. The zero-order chi connectivity index (χ0) is 15.2. The number of hydrogen-bond donors (Lipinski definition) is 1. The van der Waals surface area contributed by atoms with E-state index in [4.69, 9.17) is 0 Å². The van der Waals surface area contributed by atoms with E-state index in [9.17, 15) is 13.2 Å². The van der Waals surface area contributed by atoms with Crippen LogP contribution in [-0.4, -0.2) is 31.1 Å². The molecule has 0 unspecified atom stereocenters. The Balaban J connectivity index is 2.60. The topological polar surface area (TPSA) is 15.3 Å². The molecule has 0 amide bonds. The molecule has 114 valence electrons. The Labute approximate surface area is 126 Å². The molecule has 0 aliphatic heterocycles. The van der Waals surface area contributed by atoms with Crippen LogP contribution in [0.1, 0.15) is 25.0 Å². The molecule has 20 heavy (non-hydrogen) atoms. The molecule has 0 saturated heterocycles. The first-order chi connectivity index (χ1) is 9.38. The van der Waals surface area contributed by atoms with Gasteiger partial charge in [-0.1, -0.05) is 35.8 Å². The highest BCUT2D eigenvalue weighted by atomic mass is 79.9. The Kier molecular flexibility index (Phi) is 6.99. The zero-order valence-corrected chi connectivity index (χ0v) is 13.3. The maximum atomic E-state index is 12.9. The van der Waals surface area contributed by atoms with Crippen LogP contribution in [0.4, 0.5) is 13.2 Å². The number of benzene rings is 1. The molecular formula is C14H20BrF3N2. The number of rotatable bonds is 7.